The topological polar surface area (TPSA) is 54.6 Å². The van der Waals surface area contributed by atoms with Crippen molar-refractivity contribution in [3.63, 3.8) is 0 Å². The summed E-state index contributed by atoms with van der Waals surface area (Å²) in [4.78, 5) is 0. The second kappa shape index (κ2) is 4.32. The number of rotatable bonds is 2. The summed E-state index contributed by atoms with van der Waals surface area (Å²) >= 11 is 0. The highest BCUT2D eigenvalue weighted by Crippen LogP contribution is 2.20. The fraction of sp³-hybridized carbons (Fsp3) is 0. The quantitative estimate of drug-likeness (QED) is 0.449. The Balaban J connectivity index is 2.23. The lowest BCUT2D eigenvalue weighted by atomic mass is 10.3. The number of pyridine rings is 1. The van der Waals surface area contributed by atoms with E-state index in [0.717, 1.165) is 0 Å². The first-order valence-corrected chi connectivity index (χ1v) is 4.59. The number of nitrogens with zero attached hydrogens (tertiary/aromatic N) is 3. The molecule has 0 fully saturated rings. The van der Waals surface area contributed by atoms with Crippen LogP contribution in [0.5, 0.6) is 0 Å². The van der Waals surface area contributed by atoms with E-state index in [1.807, 2.05) is 48.8 Å². The summed E-state index contributed by atoms with van der Waals surface area (Å²) in [6.45, 7) is 0. The van der Waals surface area contributed by atoms with Gasteiger partial charge in [-0.1, -0.05) is 18.2 Å². The van der Waals surface area contributed by atoms with E-state index in [1.165, 1.54) is 0 Å². The zero-order valence-corrected chi connectivity index (χ0v) is 8.12. The van der Waals surface area contributed by atoms with E-state index < -0.39 is 0 Å². The van der Waals surface area contributed by atoms with Crippen LogP contribution in [-0.2, 0) is 0 Å². The normalized spacial score (nSPS) is 10.7. The predicted molar refractivity (Wildman–Crippen MR) is 57.4 cm³/mol. The van der Waals surface area contributed by atoms with Gasteiger partial charge in [-0.15, -0.1) is 4.68 Å². The van der Waals surface area contributed by atoms with Gasteiger partial charge >= 0.3 is 0 Å². The molecule has 4 nitrogen and oxygen atoms in total. The average Bonchev–Trinajstić information content (AvgIpc) is 2.29. The summed E-state index contributed by atoms with van der Waals surface area (Å²) in [7, 11) is 0. The Hall–Kier alpha value is -2.23. The number of hydrogen-bond acceptors (Lipinski definition) is 3. The molecule has 0 radical (unpaired) electrons. The minimum absolute atomic E-state index is 0.623. The van der Waals surface area contributed by atoms with Crippen molar-refractivity contribution in [2.45, 2.75) is 0 Å². The van der Waals surface area contributed by atoms with Gasteiger partial charge in [0.2, 0.25) is 5.69 Å². The van der Waals surface area contributed by atoms with Gasteiger partial charge in [-0.2, -0.15) is 0 Å². The van der Waals surface area contributed by atoms with Gasteiger partial charge in [-0.3, -0.25) is 0 Å². The molecule has 2 N–H and O–H groups in total. The largest absolute Gasteiger partial charge is 0.395 e. The van der Waals surface area contributed by atoms with Crippen molar-refractivity contribution in [2.24, 2.45) is 10.3 Å². The van der Waals surface area contributed by atoms with Gasteiger partial charge in [-0.05, 0) is 24.3 Å². The lowest BCUT2D eigenvalue weighted by Crippen LogP contribution is -2.24. The molecule has 1 heterocycles. The highest BCUT2D eigenvalue weighted by Gasteiger charge is 2.01. The Morgan fingerprint density at radius 1 is 0.933 bits per heavy atom. The molecular weight excluding hydrogens is 188 g/mol. The summed E-state index contributed by atoms with van der Waals surface area (Å²) in [5.74, 6) is 0. The molecule has 0 saturated carbocycles. The smallest absolute Gasteiger partial charge is 0.226 e. The van der Waals surface area contributed by atoms with Crippen LogP contribution in [0.3, 0.4) is 0 Å². The average molecular weight is 199 g/mol. The second-order valence-corrected chi connectivity index (χ2v) is 3.00. The van der Waals surface area contributed by atoms with Crippen molar-refractivity contribution >= 4 is 11.4 Å². The van der Waals surface area contributed by atoms with Crippen LogP contribution in [0, 0.1) is 0 Å². The van der Waals surface area contributed by atoms with E-state index in [0.29, 0.717) is 11.4 Å². The summed E-state index contributed by atoms with van der Waals surface area (Å²) in [6, 6.07) is 13.0. The van der Waals surface area contributed by atoms with Crippen LogP contribution in [0.2, 0.25) is 0 Å². The van der Waals surface area contributed by atoms with Gasteiger partial charge in [0.15, 0.2) is 0 Å². The maximum absolute atomic E-state index is 5.72. The lowest BCUT2D eigenvalue weighted by molar-refractivity contribution is -0.685. The number of aromatic nitrogens is 1. The number of anilines is 1. The second-order valence-electron chi connectivity index (χ2n) is 3.00. The monoisotopic (exact) mass is 199 g/mol. The standard InChI is InChI=1S/C11H11N4/c12-10-6-2-3-7-11(10)13-14-15-8-4-1-5-9-15/h1-9H,12H2/q+1. The lowest BCUT2D eigenvalue weighted by Gasteiger charge is -1.90. The first-order chi connectivity index (χ1) is 7.36. The van der Waals surface area contributed by atoms with Crippen molar-refractivity contribution in [3.8, 4) is 0 Å². The molecular formula is C11H11N4+. The van der Waals surface area contributed by atoms with E-state index in [4.69, 9.17) is 5.73 Å². The molecule has 0 unspecified atom stereocenters. The van der Waals surface area contributed by atoms with Crippen LogP contribution in [0.15, 0.2) is 65.2 Å². The van der Waals surface area contributed by atoms with Crippen LogP contribution in [0.4, 0.5) is 11.4 Å². The maximum atomic E-state index is 5.72. The molecule has 2 aromatic rings. The summed E-state index contributed by atoms with van der Waals surface area (Å²) in [6.07, 6.45) is 3.62. The van der Waals surface area contributed by atoms with Gasteiger partial charge in [0.1, 0.15) is 17.6 Å². The van der Waals surface area contributed by atoms with Crippen molar-refractivity contribution < 1.29 is 4.68 Å². The van der Waals surface area contributed by atoms with Gasteiger partial charge in [0, 0.05) is 0 Å². The fourth-order valence-corrected chi connectivity index (χ4v) is 1.13. The molecule has 74 valence electrons. The van der Waals surface area contributed by atoms with Crippen molar-refractivity contribution in [3.05, 3.63) is 54.9 Å². The maximum Gasteiger partial charge on any atom is 0.226 e. The van der Waals surface area contributed by atoms with Crippen LogP contribution in [-0.4, -0.2) is 0 Å². The van der Waals surface area contributed by atoms with Gasteiger partial charge in [0.25, 0.3) is 0 Å². The third-order valence-corrected chi connectivity index (χ3v) is 1.89. The van der Waals surface area contributed by atoms with E-state index in [-0.39, 0.29) is 0 Å². The molecule has 1 aromatic carbocycles. The minimum Gasteiger partial charge on any atom is -0.395 e. The van der Waals surface area contributed by atoms with Crippen LogP contribution < -0.4 is 10.4 Å². The predicted octanol–water partition coefficient (Wildman–Crippen LogP) is 2.10. The number of nitrogen functional groups attached to an aromatic ring is 1. The molecule has 0 spiro atoms. The molecule has 4 heteroatoms. The molecule has 0 amide bonds. The number of hydrogen-bond donors (Lipinski definition) is 1. The fourth-order valence-electron chi connectivity index (χ4n) is 1.13. The van der Waals surface area contributed by atoms with Crippen LogP contribution in [0.25, 0.3) is 0 Å². The molecule has 2 rings (SSSR count). The molecule has 0 aliphatic carbocycles. The number of nitrogens with two attached hydrogens (primary N) is 1. The van der Waals surface area contributed by atoms with Crippen molar-refractivity contribution in [1.82, 2.24) is 0 Å². The van der Waals surface area contributed by atoms with Gasteiger partial charge in [-0.25, -0.2) is 0 Å². The molecule has 15 heavy (non-hydrogen) atoms. The van der Waals surface area contributed by atoms with Gasteiger partial charge < -0.3 is 5.73 Å². The van der Waals surface area contributed by atoms with Crippen LogP contribution >= 0.6 is 0 Å². The van der Waals surface area contributed by atoms with E-state index in [2.05, 4.69) is 10.3 Å². The Bertz CT molecular complexity index is 465. The Labute approximate surface area is 87.7 Å². The molecule has 1 aromatic heterocycles. The Morgan fingerprint density at radius 3 is 2.40 bits per heavy atom. The van der Waals surface area contributed by atoms with E-state index in [1.54, 1.807) is 10.7 Å². The Kier molecular flexibility index (Phi) is 2.69. The molecule has 0 saturated heterocycles. The number of benzene rings is 1. The van der Waals surface area contributed by atoms with E-state index in [9.17, 15) is 0 Å². The van der Waals surface area contributed by atoms with Crippen LogP contribution in [0.1, 0.15) is 0 Å². The molecule has 0 aliphatic heterocycles. The first-order valence-electron chi connectivity index (χ1n) is 4.59. The third-order valence-electron chi connectivity index (χ3n) is 1.89. The highest BCUT2D eigenvalue weighted by atomic mass is 15.4. The molecule has 0 bridgehead atoms. The van der Waals surface area contributed by atoms with Crippen molar-refractivity contribution in [2.75, 3.05) is 5.73 Å². The zero-order valence-electron chi connectivity index (χ0n) is 8.12. The van der Waals surface area contributed by atoms with Gasteiger partial charge in [0.05, 0.1) is 10.8 Å². The zero-order chi connectivity index (χ0) is 10.5. The summed E-state index contributed by atoms with van der Waals surface area (Å²) in [5.41, 5.74) is 7.02. The summed E-state index contributed by atoms with van der Waals surface area (Å²) < 4.78 is 1.62. The minimum atomic E-state index is 0.623. The number of para-hydroxylation sites is 1. The SMILES string of the molecule is Nc1ccccc1N=N[n+]1ccccc1. The molecule has 0 atom stereocenters. The van der Waals surface area contributed by atoms with Crippen molar-refractivity contribution in [1.29, 1.82) is 0 Å². The third kappa shape index (κ3) is 2.37. The highest BCUT2D eigenvalue weighted by molar-refractivity contribution is 5.61. The Morgan fingerprint density at radius 2 is 1.67 bits per heavy atom. The van der Waals surface area contributed by atoms with E-state index >= 15 is 0 Å². The summed E-state index contributed by atoms with van der Waals surface area (Å²) in [5, 5.41) is 8.04. The first kappa shape index (κ1) is 9.33. The molecule has 0 aliphatic rings.